The second-order valence-electron chi connectivity index (χ2n) is 6.17. The average molecular weight is 351 g/mol. The van der Waals surface area contributed by atoms with Crippen LogP contribution in [0.3, 0.4) is 0 Å². The number of likely N-dealkylation sites (N-methyl/N-ethyl adjacent to an activating group) is 1. The highest BCUT2D eigenvalue weighted by Crippen LogP contribution is 2.15. The van der Waals surface area contributed by atoms with Gasteiger partial charge in [0.1, 0.15) is 11.6 Å². The lowest BCUT2D eigenvalue weighted by molar-refractivity contribution is 0.613. The maximum atomic E-state index is 13.8. The molecule has 2 aromatic heterocycles. The van der Waals surface area contributed by atoms with E-state index in [-0.39, 0.29) is 5.82 Å². The third-order valence-corrected chi connectivity index (χ3v) is 4.09. The number of aromatic nitrogens is 3. The number of anilines is 2. The van der Waals surface area contributed by atoms with Gasteiger partial charge in [-0.3, -0.25) is 4.98 Å². The zero-order valence-corrected chi connectivity index (χ0v) is 15.0. The minimum Gasteiger partial charge on any atom is -0.366 e. The van der Waals surface area contributed by atoms with Crippen LogP contribution >= 0.6 is 0 Å². The summed E-state index contributed by atoms with van der Waals surface area (Å²) in [7, 11) is 1.97. The summed E-state index contributed by atoms with van der Waals surface area (Å²) in [5.74, 6) is 1.11. The Hall–Kier alpha value is -3.02. The van der Waals surface area contributed by atoms with Crippen molar-refractivity contribution in [3.8, 4) is 0 Å². The molecule has 5 nitrogen and oxygen atoms in total. The van der Waals surface area contributed by atoms with Crippen molar-refractivity contribution in [1.29, 1.82) is 0 Å². The van der Waals surface area contributed by atoms with E-state index in [1.54, 1.807) is 24.5 Å². The molecule has 134 valence electrons. The smallest absolute Gasteiger partial charge is 0.227 e. The molecule has 0 radical (unpaired) electrons. The van der Waals surface area contributed by atoms with Gasteiger partial charge in [0.2, 0.25) is 5.95 Å². The largest absolute Gasteiger partial charge is 0.366 e. The molecule has 0 atom stereocenters. The van der Waals surface area contributed by atoms with Crippen molar-refractivity contribution < 1.29 is 4.39 Å². The van der Waals surface area contributed by atoms with Gasteiger partial charge in [0.15, 0.2) is 0 Å². The van der Waals surface area contributed by atoms with Crippen LogP contribution in [0.5, 0.6) is 0 Å². The lowest BCUT2D eigenvalue weighted by Crippen LogP contribution is -2.23. The Morgan fingerprint density at radius 3 is 2.62 bits per heavy atom. The Labute approximate surface area is 153 Å². The van der Waals surface area contributed by atoms with Crippen LogP contribution in [0.4, 0.5) is 16.2 Å². The lowest BCUT2D eigenvalue weighted by Gasteiger charge is -2.18. The summed E-state index contributed by atoms with van der Waals surface area (Å²) in [5, 5.41) is 3.19. The molecule has 6 heteroatoms. The molecule has 0 spiro atoms. The number of nitrogens with zero attached hydrogens (tertiary/aromatic N) is 4. The van der Waals surface area contributed by atoms with Crippen molar-refractivity contribution in [2.45, 2.75) is 19.9 Å². The monoisotopic (exact) mass is 351 g/mol. The number of nitrogens with one attached hydrogen (secondary N) is 1. The second-order valence-corrected chi connectivity index (χ2v) is 6.17. The molecule has 0 aliphatic rings. The highest BCUT2D eigenvalue weighted by atomic mass is 19.1. The molecule has 0 saturated carbocycles. The van der Waals surface area contributed by atoms with E-state index in [0.717, 1.165) is 18.7 Å². The molecule has 3 rings (SSSR count). The normalized spacial score (nSPS) is 10.6. The molecule has 0 fully saturated rings. The highest BCUT2D eigenvalue weighted by Gasteiger charge is 2.08. The molecule has 1 aromatic carbocycles. The van der Waals surface area contributed by atoms with Gasteiger partial charge in [0.05, 0.1) is 0 Å². The Morgan fingerprint density at radius 1 is 1.08 bits per heavy atom. The third kappa shape index (κ3) is 4.75. The number of hydrogen-bond acceptors (Lipinski definition) is 5. The minimum atomic E-state index is -0.222. The fourth-order valence-electron chi connectivity index (χ4n) is 2.59. The summed E-state index contributed by atoms with van der Waals surface area (Å²) < 4.78 is 13.8. The van der Waals surface area contributed by atoms with Crippen LogP contribution in [0, 0.1) is 12.7 Å². The Bertz CT molecular complexity index is 854. The van der Waals surface area contributed by atoms with Crippen LogP contribution in [0.2, 0.25) is 0 Å². The molecule has 0 amide bonds. The molecule has 0 unspecified atom stereocenters. The van der Waals surface area contributed by atoms with Gasteiger partial charge in [-0.1, -0.05) is 18.2 Å². The van der Waals surface area contributed by atoms with E-state index in [0.29, 0.717) is 23.9 Å². The summed E-state index contributed by atoms with van der Waals surface area (Å²) in [6.45, 7) is 3.10. The molecular weight excluding hydrogens is 329 g/mol. The molecule has 26 heavy (non-hydrogen) atoms. The zero-order chi connectivity index (χ0) is 18.4. The van der Waals surface area contributed by atoms with Crippen molar-refractivity contribution in [2.75, 3.05) is 23.8 Å². The first kappa shape index (κ1) is 17.8. The van der Waals surface area contributed by atoms with E-state index in [2.05, 4.69) is 20.3 Å². The number of pyridine rings is 1. The summed E-state index contributed by atoms with van der Waals surface area (Å²) in [5.41, 5.74) is 2.69. The fraction of sp³-hybridized carbons (Fsp3) is 0.250. The molecule has 1 N–H and O–H groups in total. The molecule has 2 heterocycles. The standard InChI is InChI=1S/C20H22FN5/c1-15-13-19(23-14-17-5-3-4-6-18(17)21)25-20(24-15)26(2)12-9-16-7-10-22-11-8-16/h3-8,10-11,13H,9,12,14H2,1-2H3,(H,23,24,25). The first-order chi connectivity index (χ1) is 12.6. The van der Waals surface area contributed by atoms with Crippen LogP contribution in [0.1, 0.15) is 16.8 Å². The third-order valence-electron chi connectivity index (χ3n) is 4.09. The number of hydrogen-bond donors (Lipinski definition) is 1. The summed E-state index contributed by atoms with van der Waals surface area (Å²) in [6.07, 6.45) is 4.47. The van der Waals surface area contributed by atoms with Crippen LogP contribution in [-0.4, -0.2) is 28.5 Å². The van der Waals surface area contributed by atoms with E-state index in [4.69, 9.17) is 0 Å². The SMILES string of the molecule is Cc1cc(NCc2ccccc2F)nc(N(C)CCc2ccncc2)n1. The predicted molar refractivity (Wildman–Crippen MR) is 102 cm³/mol. The maximum Gasteiger partial charge on any atom is 0.227 e. The van der Waals surface area contributed by atoms with Gasteiger partial charge >= 0.3 is 0 Å². The maximum absolute atomic E-state index is 13.8. The number of benzene rings is 1. The molecular formula is C20H22FN5. The van der Waals surface area contributed by atoms with Crippen LogP contribution < -0.4 is 10.2 Å². The van der Waals surface area contributed by atoms with Crippen molar-refractivity contribution in [1.82, 2.24) is 15.0 Å². The Morgan fingerprint density at radius 2 is 1.85 bits per heavy atom. The van der Waals surface area contributed by atoms with E-state index in [1.807, 2.05) is 43.1 Å². The van der Waals surface area contributed by atoms with Gasteiger partial charge in [-0.2, -0.15) is 4.98 Å². The lowest BCUT2D eigenvalue weighted by atomic mass is 10.2. The molecule has 3 aromatic rings. The quantitative estimate of drug-likeness (QED) is 0.705. The molecule has 0 bridgehead atoms. The van der Waals surface area contributed by atoms with Gasteiger partial charge in [0, 0.05) is 49.9 Å². The van der Waals surface area contributed by atoms with Crippen LogP contribution in [0.15, 0.2) is 54.9 Å². The van der Waals surface area contributed by atoms with Gasteiger partial charge in [0.25, 0.3) is 0 Å². The summed E-state index contributed by atoms with van der Waals surface area (Å²) in [4.78, 5) is 15.1. The summed E-state index contributed by atoms with van der Waals surface area (Å²) >= 11 is 0. The van der Waals surface area contributed by atoms with Gasteiger partial charge < -0.3 is 10.2 Å². The van der Waals surface area contributed by atoms with Gasteiger partial charge in [-0.05, 0) is 37.1 Å². The molecule has 0 saturated heterocycles. The van der Waals surface area contributed by atoms with Crippen molar-refractivity contribution in [2.24, 2.45) is 0 Å². The molecule has 0 aliphatic carbocycles. The highest BCUT2D eigenvalue weighted by molar-refractivity contribution is 5.44. The summed E-state index contributed by atoms with van der Waals surface area (Å²) in [6, 6.07) is 12.6. The average Bonchev–Trinajstić information content (AvgIpc) is 2.66. The molecule has 0 aliphatic heterocycles. The van der Waals surface area contributed by atoms with E-state index < -0.39 is 0 Å². The number of halogens is 1. The van der Waals surface area contributed by atoms with E-state index >= 15 is 0 Å². The number of rotatable bonds is 7. The van der Waals surface area contributed by atoms with Crippen molar-refractivity contribution in [3.63, 3.8) is 0 Å². The van der Waals surface area contributed by atoms with E-state index in [9.17, 15) is 4.39 Å². The van der Waals surface area contributed by atoms with E-state index in [1.165, 1.54) is 11.6 Å². The van der Waals surface area contributed by atoms with Crippen LogP contribution in [-0.2, 0) is 13.0 Å². The van der Waals surface area contributed by atoms with Crippen molar-refractivity contribution >= 4 is 11.8 Å². The van der Waals surface area contributed by atoms with Crippen LogP contribution in [0.25, 0.3) is 0 Å². The number of aryl methyl sites for hydroxylation is 1. The fourth-order valence-corrected chi connectivity index (χ4v) is 2.59. The zero-order valence-electron chi connectivity index (χ0n) is 15.0. The first-order valence-electron chi connectivity index (χ1n) is 8.55. The minimum absolute atomic E-state index is 0.222. The topological polar surface area (TPSA) is 53.9 Å². The first-order valence-corrected chi connectivity index (χ1v) is 8.55. The second kappa shape index (κ2) is 8.38. The Balaban J connectivity index is 1.65. The van der Waals surface area contributed by atoms with Gasteiger partial charge in [-0.15, -0.1) is 0 Å². The van der Waals surface area contributed by atoms with Crippen molar-refractivity contribution in [3.05, 3.63) is 77.5 Å². The predicted octanol–water partition coefficient (Wildman–Crippen LogP) is 3.61. The Kier molecular flexibility index (Phi) is 5.73. The van der Waals surface area contributed by atoms with Gasteiger partial charge in [-0.25, -0.2) is 9.37 Å².